The number of carbonyl (C=O) groups is 2. The van der Waals surface area contributed by atoms with E-state index in [1.54, 1.807) is 37.4 Å². The van der Waals surface area contributed by atoms with Crippen LogP contribution in [0.5, 0.6) is 5.75 Å². The van der Waals surface area contributed by atoms with Gasteiger partial charge < -0.3 is 9.84 Å². The third kappa shape index (κ3) is 3.21. The first-order valence-electron chi connectivity index (χ1n) is 9.80. The maximum Gasteiger partial charge on any atom is 0.301 e. The summed E-state index contributed by atoms with van der Waals surface area (Å²) in [7, 11) is 1.58. The van der Waals surface area contributed by atoms with Gasteiger partial charge in [-0.15, -0.1) is 0 Å². The van der Waals surface area contributed by atoms with Crippen LogP contribution in [-0.4, -0.2) is 33.9 Å². The molecule has 1 fully saturated rings. The molecule has 0 bridgehead atoms. The van der Waals surface area contributed by atoms with Crippen LogP contribution in [0.3, 0.4) is 0 Å². The molecule has 3 heterocycles. The fraction of sp³-hybridized carbons (Fsp3) is 0.0833. The van der Waals surface area contributed by atoms with Gasteiger partial charge in [0.25, 0.3) is 5.78 Å². The summed E-state index contributed by atoms with van der Waals surface area (Å²) in [5, 5.41) is 11.4. The van der Waals surface area contributed by atoms with E-state index in [-0.39, 0.29) is 17.0 Å². The molecule has 0 radical (unpaired) electrons. The van der Waals surface area contributed by atoms with Crippen LogP contribution in [0.25, 0.3) is 16.0 Å². The SMILES string of the molecule is COc1ccc2nc(N3C(=O)C(=O)/C(=C(/O)c4ccccn4)C3c3ccccc3)sc2c1. The van der Waals surface area contributed by atoms with E-state index in [1.165, 1.54) is 22.4 Å². The van der Waals surface area contributed by atoms with Crippen molar-refractivity contribution in [2.24, 2.45) is 0 Å². The van der Waals surface area contributed by atoms with Crippen molar-refractivity contribution in [2.75, 3.05) is 12.0 Å². The lowest BCUT2D eigenvalue weighted by Gasteiger charge is -2.22. The number of aliphatic hydroxyl groups is 1. The minimum absolute atomic E-state index is 0.0169. The normalized spacial score (nSPS) is 17.8. The Labute approximate surface area is 187 Å². The van der Waals surface area contributed by atoms with Gasteiger partial charge in [0.05, 0.1) is 28.9 Å². The highest BCUT2D eigenvalue weighted by Gasteiger charge is 2.48. The predicted molar refractivity (Wildman–Crippen MR) is 122 cm³/mol. The second-order valence-corrected chi connectivity index (χ2v) is 8.13. The van der Waals surface area contributed by atoms with Crippen molar-refractivity contribution in [1.82, 2.24) is 9.97 Å². The maximum atomic E-state index is 13.2. The second kappa shape index (κ2) is 7.90. The van der Waals surface area contributed by atoms with Gasteiger partial charge in [0.15, 0.2) is 10.9 Å². The second-order valence-electron chi connectivity index (χ2n) is 7.12. The maximum absolute atomic E-state index is 13.2. The number of ketones is 1. The zero-order valence-electron chi connectivity index (χ0n) is 16.9. The first-order valence-corrected chi connectivity index (χ1v) is 10.6. The molecule has 1 aliphatic rings. The zero-order chi connectivity index (χ0) is 22.2. The van der Waals surface area contributed by atoms with Crippen LogP contribution in [-0.2, 0) is 9.59 Å². The molecule has 1 atom stereocenters. The molecule has 32 heavy (non-hydrogen) atoms. The fourth-order valence-electron chi connectivity index (χ4n) is 3.74. The Balaban J connectivity index is 1.71. The molecule has 7 nitrogen and oxygen atoms in total. The van der Waals surface area contributed by atoms with E-state index in [4.69, 9.17) is 4.74 Å². The molecule has 1 N–H and O–H groups in total. The van der Waals surface area contributed by atoms with Gasteiger partial charge in [0, 0.05) is 6.20 Å². The van der Waals surface area contributed by atoms with Gasteiger partial charge >= 0.3 is 5.91 Å². The summed E-state index contributed by atoms with van der Waals surface area (Å²) in [6.07, 6.45) is 1.52. The quantitative estimate of drug-likeness (QED) is 0.287. The summed E-state index contributed by atoms with van der Waals surface area (Å²) in [5.41, 5.74) is 1.57. The number of aromatic nitrogens is 2. The Morgan fingerprint density at radius 1 is 1.06 bits per heavy atom. The average molecular weight is 443 g/mol. The molecule has 1 aliphatic heterocycles. The minimum atomic E-state index is -0.833. The summed E-state index contributed by atoms with van der Waals surface area (Å²) in [6, 6.07) is 18.7. The molecule has 1 unspecified atom stereocenters. The Kier molecular flexibility index (Phi) is 4.91. The lowest BCUT2D eigenvalue weighted by atomic mass is 9.97. The fourth-order valence-corrected chi connectivity index (χ4v) is 4.76. The first-order chi connectivity index (χ1) is 15.6. The molecule has 8 heteroatoms. The monoisotopic (exact) mass is 443 g/mol. The van der Waals surface area contributed by atoms with Crippen molar-refractivity contribution in [1.29, 1.82) is 0 Å². The van der Waals surface area contributed by atoms with Crippen molar-refractivity contribution in [3.63, 3.8) is 0 Å². The van der Waals surface area contributed by atoms with E-state index in [0.717, 1.165) is 4.70 Å². The van der Waals surface area contributed by atoms with E-state index in [9.17, 15) is 14.7 Å². The van der Waals surface area contributed by atoms with Gasteiger partial charge in [0.1, 0.15) is 11.4 Å². The number of nitrogens with zero attached hydrogens (tertiary/aromatic N) is 3. The van der Waals surface area contributed by atoms with Crippen molar-refractivity contribution in [3.8, 4) is 5.75 Å². The summed E-state index contributed by atoms with van der Waals surface area (Å²) in [6.45, 7) is 0. The number of benzene rings is 2. The molecule has 4 aromatic rings. The summed E-state index contributed by atoms with van der Waals surface area (Å²) < 4.78 is 6.10. The Bertz CT molecular complexity index is 1370. The number of hydrogen-bond donors (Lipinski definition) is 1. The average Bonchev–Trinajstić information content (AvgIpc) is 3.37. The molecular formula is C24H17N3O4S. The lowest BCUT2D eigenvalue weighted by molar-refractivity contribution is -0.132. The molecule has 158 valence electrons. The molecule has 5 rings (SSSR count). The molecule has 0 spiro atoms. The Morgan fingerprint density at radius 3 is 2.56 bits per heavy atom. The summed E-state index contributed by atoms with van der Waals surface area (Å²) >= 11 is 1.28. The minimum Gasteiger partial charge on any atom is -0.505 e. The Hall–Kier alpha value is -4.04. The number of anilines is 1. The Morgan fingerprint density at radius 2 is 1.84 bits per heavy atom. The standard InChI is InChI=1S/C24H17N3O4S/c1-31-15-10-11-16-18(13-15)32-24(26-16)27-20(14-7-3-2-4-8-14)19(22(29)23(27)30)21(28)17-9-5-6-12-25-17/h2-13,20,28H,1H3/b21-19+. The zero-order valence-corrected chi connectivity index (χ0v) is 17.7. The van der Waals surface area contributed by atoms with Crippen LogP contribution in [0, 0.1) is 0 Å². The molecule has 2 aromatic carbocycles. The highest BCUT2D eigenvalue weighted by atomic mass is 32.1. The molecular weight excluding hydrogens is 426 g/mol. The number of Topliss-reactive ketones (excluding diaryl/α,β-unsaturated/α-hetero) is 1. The van der Waals surface area contributed by atoms with Crippen molar-refractivity contribution in [3.05, 3.63) is 89.8 Å². The number of rotatable bonds is 4. The largest absolute Gasteiger partial charge is 0.505 e. The van der Waals surface area contributed by atoms with E-state index in [2.05, 4.69) is 9.97 Å². The van der Waals surface area contributed by atoms with Gasteiger partial charge in [-0.25, -0.2) is 4.98 Å². The van der Waals surface area contributed by atoms with E-state index in [0.29, 0.717) is 22.0 Å². The van der Waals surface area contributed by atoms with Crippen LogP contribution in [0.2, 0.25) is 0 Å². The van der Waals surface area contributed by atoms with E-state index in [1.807, 2.05) is 36.4 Å². The van der Waals surface area contributed by atoms with Crippen LogP contribution in [0.4, 0.5) is 5.13 Å². The predicted octanol–water partition coefficient (Wildman–Crippen LogP) is 4.33. The van der Waals surface area contributed by atoms with Crippen LogP contribution < -0.4 is 9.64 Å². The van der Waals surface area contributed by atoms with Gasteiger partial charge in [-0.2, -0.15) is 0 Å². The van der Waals surface area contributed by atoms with Gasteiger partial charge in [-0.05, 0) is 35.9 Å². The smallest absolute Gasteiger partial charge is 0.301 e. The van der Waals surface area contributed by atoms with E-state index < -0.39 is 17.7 Å². The van der Waals surface area contributed by atoms with Crippen LogP contribution in [0.1, 0.15) is 17.3 Å². The highest BCUT2D eigenvalue weighted by molar-refractivity contribution is 7.22. The van der Waals surface area contributed by atoms with Gasteiger partial charge in [0.2, 0.25) is 0 Å². The van der Waals surface area contributed by atoms with Crippen molar-refractivity contribution >= 4 is 44.1 Å². The number of pyridine rings is 1. The van der Waals surface area contributed by atoms with Crippen molar-refractivity contribution < 1.29 is 19.4 Å². The summed E-state index contributed by atoms with van der Waals surface area (Å²) in [4.78, 5) is 36.4. The molecule has 1 amide bonds. The van der Waals surface area contributed by atoms with Crippen LogP contribution in [0.15, 0.2) is 78.5 Å². The lowest BCUT2D eigenvalue weighted by Crippen LogP contribution is -2.29. The molecule has 0 aliphatic carbocycles. The summed E-state index contributed by atoms with van der Waals surface area (Å²) in [5.74, 6) is -1.17. The van der Waals surface area contributed by atoms with E-state index >= 15 is 0 Å². The number of amides is 1. The topological polar surface area (TPSA) is 92.6 Å². The number of fused-ring (bicyclic) bond motifs is 1. The third-order valence-electron chi connectivity index (χ3n) is 5.26. The number of hydrogen-bond acceptors (Lipinski definition) is 7. The highest BCUT2D eigenvalue weighted by Crippen LogP contribution is 2.44. The van der Waals surface area contributed by atoms with Crippen LogP contribution >= 0.6 is 11.3 Å². The number of ether oxygens (including phenoxy) is 1. The van der Waals surface area contributed by atoms with Crippen molar-refractivity contribution in [2.45, 2.75) is 6.04 Å². The van der Waals surface area contributed by atoms with Gasteiger partial charge in [-0.1, -0.05) is 47.7 Å². The molecule has 0 saturated carbocycles. The molecule has 2 aromatic heterocycles. The number of thiazole rings is 1. The first kappa shape index (κ1) is 19.9. The number of methoxy groups -OCH3 is 1. The van der Waals surface area contributed by atoms with Gasteiger partial charge in [-0.3, -0.25) is 19.5 Å². The number of carbonyl (C=O) groups excluding carboxylic acids is 2. The molecule has 1 saturated heterocycles. The number of aliphatic hydroxyl groups excluding tert-OH is 1. The third-order valence-corrected chi connectivity index (χ3v) is 6.28.